The minimum atomic E-state index is -1.57. The van der Waals surface area contributed by atoms with Crippen molar-refractivity contribution in [1.29, 1.82) is 0 Å². The number of amides is 1. The molecule has 1 aromatic carbocycles. The van der Waals surface area contributed by atoms with Gasteiger partial charge in [-0.25, -0.2) is 0 Å². The van der Waals surface area contributed by atoms with E-state index in [0.717, 1.165) is 5.56 Å². The number of aliphatic hydroxyl groups excluding tert-OH is 2. The summed E-state index contributed by atoms with van der Waals surface area (Å²) in [6.45, 7) is 6.24. The highest BCUT2D eigenvalue weighted by molar-refractivity contribution is 5.79. The highest BCUT2D eigenvalue weighted by Gasteiger charge is 2.23. The molecule has 0 aliphatic heterocycles. The lowest BCUT2D eigenvalue weighted by atomic mass is 9.86. The van der Waals surface area contributed by atoms with Gasteiger partial charge in [0.05, 0.1) is 0 Å². The lowest BCUT2D eigenvalue weighted by Crippen LogP contribution is -2.33. The fraction of sp³-hybridized carbons (Fsp3) is 0.462. The molecule has 0 aliphatic carbocycles. The number of nitrogens with two attached hydrogens (primary N) is 1. The van der Waals surface area contributed by atoms with Gasteiger partial charge in [0.1, 0.15) is 6.10 Å². The maximum Gasteiger partial charge on any atom is 0.249 e. The Hall–Kier alpha value is -1.39. The van der Waals surface area contributed by atoms with Crippen molar-refractivity contribution in [3.05, 3.63) is 35.4 Å². The van der Waals surface area contributed by atoms with Gasteiger partial charge in [-0.2, -0.15) is 0 Å². The van der Waals surface area contributed by atoms with E-state index in [2.05, 4.69) is 20.8 Å². The van der Waals surface area contributed by atoms with Crippen LogP contribution in [0.25, 0.3) is 0 Å². The van der Waals surface area contributed by atoms with Crippen molar-refractivity contribution in [2.45, 2.75) is 38.4 Å². The van der Waals surface area contributed by atoms with Crippen LogP contribution in [0, 0.1) is 0 Å². The number of rotatable bonds is 3. The molecule has 0 heterocycles. The van der Waals surface area contributed by atoms with E-state index in [1.807, 2.05) is 12.1 Å². The van der Waals surface area contributed by atoms with Gasteiger partial charge in [0, 0.05) is 0 Å². The smallest absolute Gasteiger partial charge is 0.249 e. The van der Waals surface area contributed by atoms with Gasteiger partial charge in [-0.15, -0.1) is 0 Å². The van der Waals surface area contributed by atoms with Crippen molar-refractivity contribution >= 4 is 5.91 Å². The van der Waals surface area contributed by atoms with E-state index >= 15 is 0 Å². The Morgan fingerprint density at radius 1 is 1.18 bits per heavy atom. The van der Waals surface area contributed by atoms with Crippen LogP contribution in [-0.4, -0.2) is 22.2 Å². The zero-order valence-electron chi connectivity index (χ0n) is 10.3. The molecule has 0 aliphatic rings. The van der Waals surface area contributed by atoms with Gasteiger partial charge in [0.15, 0.2) is 6.10 Å². The van der Waals surface area contributed by atoms with E-state index < -0.39 is 18.1 Å². The summed E-state index contributed by atoms with van der Waals surface area (Å²) in [5.74, 6) is -0.933. The molecule has 4 nitrogen and oxygen atoms in total. The van der Waals surface area contributed by atoms with Crippen LogP contribution in [0.5, 0.6) is 0 Å². The fourth-order valence-corrected chi connectivity index (χ4v) is 1.52. The van der Waals surface area contributed by atoms with Crippen LogP contribution in [0.3, 0.4) is 0 Å². The minimum Gasteiger partial charge on any atom is -0.385 e. The predicted molar refractivity (Wildman–Crippen MR) is 65.3 cm³/mol. The zero-order valence-corrected chi connectivity index (χ0v) is 10.3. The van der Waals surface area contributed by atoms with E-state index in [1.54, 1.807) is 12.1 Å². The molecule has 1 aromatic rings. The lowest BCUT2D eigenvalue weighted by Gasteiger charge is -2.20. The van der Waals surface area contributed by atoms with Crippen LogP contribution in [0.4, 0.5) is 0 Å². The van der Waals surface area contributed by atoms with Crippen molar-refractivity contribution in [1.82, 2.24) is 0 Å². The first-order valence-corrected chi connectivity index (χ1v) is 5.49. The maximum absolute atomic E-state index is 10.8. The number of primary amides is 1. The van der Waals surface area contributed by atoms with Gasteiger partial charge in [0.2, 0.25) is 5.91 Å². The number of hydrogen-bond donors (Lipinski definition) is 3. The second-order valence-electron chi connectivity index (χ2n) is 5.16. The summed E-state index contributed by atoms with van der Waals surface area (Å²) in [7, 11) is 0. The molecule has 2 atom stereocenters. The third-order valence-corrected chi connectivity index (χ3v) is 2.71. The average molecular weight is 237 g/mol. The van der Waals surface area contributed by atoms with Gasteiger partial charge in [-0.05, 0) is 16.5 Å². The van der Waals surface area contributed by atoms with Crippen LogP contribution in [-0.2, 0) is 10.2 Å². The number of aliphatic hydroxyl groups is 2. The Bertz CT molecular complexity index is 392. The molecule has 94 valence electrons. The second-order valence-corrected chi connectivity index (χ2v) is 5.16. The van der Waals surface area contributed by atoms with Crippen molar-refractivity contribution in [3.63, 3.8) is 0 Å². The van der Waals surface area contributed by atoms with Crippen molar-refractivity contribution in [3.8, 4) is 0 Å². The first-order valence-electron chi connectivity index (χ1n) is 5.49. The molecule has 0 radical (unpaired) electrons. The van der Waals surface area contributed by atoms with E-state index in [-0.39, 0.29) is 5.41 Å². The van der Waals surface area contributed by atoms with Gasteiger partial charge in [-0.3, -0.25) is 4.79 Å². The van der Waals surface area contributed by atoms with Crippen LogP contribution in [0.2, 0.25) is 0 Å². The molecule has 4 N–H and O–H groups in total. The molecule has 0 saturated heterocycles. The largest absolute Gasteiger partial charge is 0.385 e. The third kappa shape index (κ3) is 3.28. The van der Waals surface area contributed by atoms with E-state index in [9.17, 15) is 15.0 Å². The Kier molecular flexibility index (Phi) is 3.91. The number of benzene rings is 1. The van der Waals surface area contributed by atoms with Crippen LogP contribution >= 0.6 is 0 Å². The predicted octanol–water partition coefficient (Wildman–Crippen LogP) is 0.864. The number of hydrogen-bond acceptors (Lipinski definition) is 3. The molecule has 4 heteroatoms. The quantitative estimate of drug-likeness (QED) is 0.729. The molecule has 1 rings (SSSR count). The van der Waals surface area contributed by atoms with Crippen molar-refractivity contribution in [2.24, 2.45) is 5.73 Å². The summed E-state index contributed by atoms with van der Waals surface area (Å²) in [6, 6.07) is 7.12. The average Bonchev–Trinajstić information content (AvgIpc) is 2.26. The van der Waals surface area contributed by atoms with Crippen LogP contribution in [0.1, 0.15) is 38.0 Å². The van der Waals surface area contributed by atoms with Gasteiger partial charge < -0.3 is 15.9 Å². The van der Waals surface area contributed by atoms with Crippen LogP contribution < -0.4 is 5.73 Å². The normalized spacial score (nSPS) is 15.4. The molecule has 0 aromatic heterocycles. The fourth-order valence-electron chi connectivity index (χ4n) is 1.52. The first-order chi connectivity index (χ1) is 7.73. The molecule has 17 heavy (non-hydrogen) atoms. The van der Waals surface area contributed by atoms with Gasteiger partial charge >= 0.3 is 0 Å². The maximum atomic E-state index is 10.8. The Morgan fingerprint density at radius 2 is 1.65 bits per heavy atom. The second kappa shape index (κ2) is 4.85. The molecular formula is C13H19NO3. The van der Waals surface area contributed by atoms with Gasteiger partial charge in [-0.1, -0.05) is 45.0 Å². The highest BCUT2D eigenvalue weighted by atomic mass is 16.3. The Labute approximate surface area is 101 Å². The standard InChI is InChI=1S/C13H19NO3/c1-13(2,3)9-6-4-8(5-7-9)10(15)11(16)12(14)17/h4-7,10-11,15-16H,1-3H3,(H2,14,17). The Balaban J connectivity index is 2.92. The van der Waals surface area contributed by atoms with Crippen molar-refractivity contribution in [2.75, 3.05) is 0 Å². The molecular weight excluding hydrogens is 218 g/mol. The SMILES string of the molecule is CC(C)(C)c1ccc(C(O)C(O)C(N)=O)cc1. The molecule has 0 bridgehead atoms. The molecule has 0 saturated carbocycles. The summed E-state index contributed by atoms with van der Waals surface area (Å²) < 4.78 is 0. The third-order valence-electron chi connectivity index (χ3n) is 2.71. The van der Waals surface area contributed by atoms with Crippen LogP contribution in [0.15, 0.2) is 24.3 Å². The molecule has 2 unspecified atom stereocenters. The highest BCUT2D eigenvalue weighted by Crippen LogP contribution is 2.24. The van der Waals surface area contributed by atoms with E-state index in [1.165, 1.54) is 0 Å². The summed E-state index contributed by atoms with van der Waals surface area (Å²) in [6.07, 6.45) is -2.85. The van der Waals surface area contributed by atoms with Crippen molar-refractivity contribution < 1.29 is 15.0 Å². The van der Waals surface area contributed by atoms with Gasteiger partial charge in [0.25, 0.3) is 0 Å². The molecule has 0 fully saturated rings. The van der Waals surface area contributed by atoms with E-state index in [0.29, 0.717) is 5.56 Å². The lowest BCUT2D eigenvalue weighted by molar-refractivity contribution is -0.131. The summed E-state index contributed by atoms with van der Waals surface area (Å²) in [4.78, 5) is 10.8. The molecule has 1 amide bonds. The summed E-state index contributed by atoms with van der Waals surface area (Å²) in [5.41, 5.74) is 6.53. The minimum absolute atomic E-state index is 0.0196. The topological polar surface area (TPSA) is 83.6 Å². The zero-order chi connectivity index (χ0) is 13.2. The monoisotopic (exact) mass is 237 g/mol. The summed E-state index contributed by atoms with van der Waals surface area (Å²) in [5, 5.41) is 19.1. The number of carbonyl (C=O) groups is 1. The number of carbonyl (C=O) groups excluding carboxylic acids is 1. The first kappa shape index (κ1) is 13.7. The van der Waals surface area contributed by atoms with E-state index in [4.69, 9.17) is 5.73 Å². The molecule has 0 spiro atoms. The Morgan fingerprint density at radius 3 is 2.00 bits per heavy atom. The summed E-state index contributed by atoms with van der Waals surface area (Å²) >= 11 is 0.